The highest BCUT2D eigenvalue weighted by atomic mass is 35.5. The molecule has 5 nitrogen and oxygen atoms in total. The van der Waals surface area contributed by atoms with E-state index in [1.165, 1.54) is 29.5 Å². The number of hydrogen-bond donors (Lipinski definition) is 1. The Bertz CT molecular complexity index is 1240. The standard InChI is InChI=1S/C20H12Cl2N2O3S/c21-14-7-6-12(8-15(14)22)20(26)27-9-16-23-18(25)17-13(10-28-19(17)24-16)11-4-2-1-3-5-11/h1-8,10H,9H2,(H,23,24,25). The van der Waals surface area contributed by atoms with E-state index in [9.17, 15) is 9.59 Å². The molecule has 0 atom stereocenters. The van der Waals surface area contributed by atoms with Crippen molar-refractivity contribution < 1.29 is 9.53 Å². The van der Waals surface area contributed by atoms with Gasteiger partial charge in [0.25, 0.3) is 5.56 Å². The molecular formula is C20H12Cl2N2O3S. The van der Waals surface area contributed by atoms with Gasteiger partial charge in [-0.15, -0.1) is 11.3 Å². The first kappa shape index (κ1) is 18.7. The molecule has 2 aromatic heterocycles. The van der Waals surface area contributed by atoms with Crippen molar-refractivity contribution in [2.75, 3.05) is 0 Å². The first-order chi connectivity index (χ1) is 13.5. The molecule has 2 heterocycles. The molecule has 0 aliphatic heterocycles. The normalized spacial score (nSPS) is 10.9. The topological polar surface area (TPSA) is 72.0 Å². The lowest BCUT2D eigenvalue weighted by Crippen LogP contribution is -2.14. The fraction of sp³-hybridized carbons (Fsp3) is 0.0500. The molecule has 0 unspecified atom stereocenters. The van der Waals surface area contributed by atoms with Crippen LogP contribution in [-0.2, 0) is 11.3 Å². The summed E-state index contributed by atoms with van der Waals surface area (Å²) in [7, 11) is 0. The number of carbonyl (C=O) groups excluding carboxylic acids is 1. The number of nitrogens with zero attached hydrogens (tertiary/aromatic N) is 1. The number of hydrogen-bond acceptors (Lipinski definition) is 5. The van der Waals surface area contributed by atoms with Gasteiger partial charge in [0.05, 0.1) is 21.0 Å². The van der Waals surface area contributed by atoms with Gasteiger partial charge in [-0.1, -0.05) is 53.5 Å². The molecular weight excluding hydrogens is 419 g/mol. The molecule has 140 valence electrons. The van der Waals surface area contributed by atoms with E-state index in [4.69, 9.17) is 27.9 Å². The average Bonchev–Trinajstić information content (AvgIpc) is 3.13. The number of aromatic amines is 1. The van der Waals surface area contributed by atoms with Crippen LogP contribution in [0.4, 0.5) is 0 Å². The van der Waals surface area contributed by atoms with Crippen LogP contribution in [0, 0.1) is 0 Å². The zero-order valence-electron chi connectivity index (χ0n) is 14.2. The van der Waals surface area contributed by atoms with Crippen molar-refractivity contribution in [3.63, 3.8) is 0 Å². The van der Waals surface area contributed by atoms with Gasteiger partial charge in [-0.2, -0.15) is 0 Å². The van der Waals surface area contributed by atoms with E-state index < -0.39 is 5.97 Å². The molecule has 0 radical (unpaired) electrons. The van der Waals surface area contributed by atoms with Crippen molar-refractivity contribution in [1.29, 1.82) is 0 Å². The molecule has 0 bridgehead atoms. The lowest BCUT2D eigenvalue weighted by atomic mass is 10.1. The van der Waals surface area contributed by atoms with Crippen LogP contribution in [0.2, 0.25) is 10.0 Å². The maximum atomic E-state index is 12.6. The lowest BCUT2D eigenvalue weighted by molar-refractivity contribution is 0.0462. The molecule has 1 N–H and O–H groups in total. The quantitative estimate of drug-likeness (QED) is 0.444. The van der Waals surface area contributed by atoms with Gasteiger partial charge in [0, 0.05) is 10.9 Å². The van der Waals surface area contributed by atoms with Crippen LogP contribution in [-0.4, -0.2) is 15.9 Å². The predicted molar refractivity (Wildman–Crippen MR) is 111 cm³/mol. The minimum atomic E-state index is -0.586. The molecule has 0 fully saturated rings. The van der Waals surface area contributed by atoms with Crippen LogP contribution in [0.5, 0.6) is 0 Å². The molecule has 28 heavy (non-hydrogen) atoms. The second-order valence-electron chi connectivity index (χ2n) is 5.91. The van der Waals surface area contributed by atoms with Gasteiger partial charge in [-0.05, 0) is 23.8 Å². The van der Waals surface area contributed by atoms with E-state index >= 15 is 0 Å². The highest BCUT2D eigenvalue weighted by Gasteiger charge is 2.15. The molecule has 0 saturated heterocycles. The van der Waals surface area contributed by atoms with Crippen molar-refractivity contribution >= 4 is 50.7 Å². The number of halogens is 2. The summed E-state index contributed by atoms with van der Waals surface area (Å²) in [6.45, 7) is -0.164. The van der Waals surface area contributed by atoms with Crippen molar-refractivity contribution in [2.24, 2.45) is 0 Å². The summed E-state index contributed by atoms with van der Waals surface area (Å²) in [4.78, 5) is 32.5. The van der Waals surface area contributed by atoms with Crippen LogP contribution in [0.15, 0.2) is 58.7 Å². The summed E-state index contributed by atoms with van der Waals surface area (Å²) < 4.78 is 5.24. The number of rotatable bonds is 4. The molecule has 0 aliphatic rings. The number of fused-ring (bicyclic) bond motifs is 1. The Kier molecular flexibility index (Phi) is 5.17. The first-order valence-electron chi connectivity index (χ1n) is 8.21. The van der Waals surface area contributed by atoms with Gasteiger partial charge in [0.2, 0.25) is 0 Å². The fourth-order valence-corrected chi connectivity index (χ4v) is 4.00. The average molecular weight is 431 g/mol. The number of H-pyrrole nitrogens is 1. The molecule has 0 spiro atoms. The summed E-state index contributed by atoms with van der Waals surface area (Å²) >= 11 is 13.1. The summed E-state index contributed by atoms with van der Waals surface area (Å²) in [6.07, 6.45) is 0. The Hall–Kier alpha value is -2.67. The third-order valence-corrected chi connectivity index (χ3v) is 5.68. The van der Waals surface area contributed by atoms with Gasteiger partial charge in [-0.3, -0.25) is 4.79 Å². The molecule has 4 aromatic rings. The summed E-state index contributed by atoms with van der Waals surface area (Å²) in [5.74, 6) is -0.315. The van der Waals surface area contributed by atoms with Gasteiger partial charge in [0.1, 0.15) is 17.3 Å². The minimum absolute atomic E-state index is 0.164. The molecule has 4 rings (SSSR count). The number of thiophene rings is 1. The zero-order valence-corrected chi connectivity index (χ0v) is 16.6. The zero-order chi connectivity index (χ0) is 19.7. The van der Waals surface area contributed by atoms with Crippen molar-refractivity contribution in [3.05, 3.63) is 85.7 Å². The summed E-state index contributed by atoms with van der Waals surface area (Å²) in [5.41, 5.74) is 1.76. The van der Waals surface area contributed by atoms with E-state index in [1.807, 2.05) is 35.7 Å². The smallest absolute Gasteiger partial charge is 0.338 e. The predicted octanol–water partition coefficient (Wildman–Crippen LogP) is 5.32. The molecule has 0 amide bonds. The molecule has 0 saturated carbocycles. The Balaban J connectivity index is 1.58. The van der Waals surface area contributed by atoms with E-state index in [2.05, 4.69) is 9.97 Å². The van der Waals surface area contributed by atoms with E-state index in [1.54, 1.807) is 0 Å². The fourth-order valence-electron chi connectivity index (χ4n) is 2.73. The van der Waals surface area contributed by atoms with Crippen LogP contribution >= 0.6 is 34.5 Å². The Morgan fingerprint density at radius 1 is 1.11 bits per heavy atom. The lowest BCUT2D eigenvalue weighted by Gasteiger charge is -2.06. The third-order valence-electron chi connectivity index (χ3n) is 4.07. The SMILES string of the molecule is O=C(OCc1nc2scc(-c3ccccc3)c2c(=O)[nH]1)c1ccc(Cl)c(Cl)c1. The van der Waals surface area contributed by atoms with Crippen LogP contribution in [0.3, 0.4) is 0 Å². The molecule has 8 heteroatoms. The third kappa shape index (κ3) is 3.67. The van der Waals surface area contributed by atoms with Crippen molar-refractivity contribution in [3.8, 4) is 11.1 Å². The first-order valence-corrected chi connectivity index (χ1v) is 9.84. The minimum Gasteiger partial charge on any atom is -0.454 e. The van der Waals surface area contributed by atoms with E-state index in [-0.39, 0.29) is 28.6 Å². The van der Waals surface area contributed by atoms with Crippen LogP contribution in [0.1, 0.15) is 16.2 Å². The maximum absolute atomic E-state index is 12.6. The highest BCUT2D eigenvalue weighted by molar-refractivity contribution is 7.17. The maximum Gasteiger partial charge on any atom is 0.338 e. The number of carbonyl (C=O) groups is 1. The van der Waals surface area contributed by atoms with Gasteiger partial charge < -0.3 is 9.72 Å². The van der Waals surface area contributed by atoms with E-state index in [0.29, 0.717) is 15.2 Å². The Labute approximate surface area is 173 Å². The van der Waals surface area contributed by atoms with Gasteiger partial charge in [-0.25, -0.2) is 9.78 Å². The second kappa shape index (κ2) is 7.75. The van der Waals surface area contributed by atoms with Crippen molar-refractivity contribution in [1.82, 2.24) is 9.97 Å². The van der Waals surface area contributed by atoms with E-state index in [0.717, 1.165) is 11.1 Å². The number of esters is 1. The monoisotopic (exact) mass is 430 g/mol. The van der Waals surface area contributed by atoms with Gasteiger partial charge >= 0.3 is 5.97 Å². The molecule has 2 aromatic carbocycles. The van der Waals surface area contributed by atoms with Gasteiger partial charge in [0.15, 0.2) is 0 Å². The largest absolute Gasteiger partial charge is 0.454 e. The van der Waals surface area contributed by atoms with Crippen LogP contribution < -0.4 is 5.56 Å². The van der Waals surface area contributed by atoms with Crippen LogP contribution in [0.25, 0.3) is 21.3 Å². The number of aromatic nitrogens is 2. The Morgan fingerprint density at radius 2 is 1.89 bits per heavy atom. The summed E-state index contributed by atoms with van der Waals surface area (Å²) in [5, 5.41) is 3.03. The highest BCUT2D eigenvalue weighted by Crippen LogP contribution is 2.30. The van der Waals surface area contributed by atoms with Crippen molar-refractivity contribution in [2.45, 2.75) is 6.61 Å². The number of nitrogens with one attached hydrogen (secondary N) is 1. The summed E-state index contributed by atoms with van der Waals surface area (Å²) in [6, 6.07) is 14.1. The second-order valence-corrected chi connectivity index (χ2v) is 7.59. The molecule has 0 aliphatic carbocycles. The number of ether oxygens (including phenoxy) is 1. The number of benzene rings is 2. The Morgan fingerprint density at radius 3 is 2.64 bits per heavy atom.